The van der Waals surface area contributed by atoms with Crippen molar-refractivity contribution in [2.45, 2.75) is 11.8 Å². The first-order valence-electron chi connectivity index (χ1n) is 8.01. The van der Waals surface area contributed by atoms with Crippen LogP contribution in [0.2, 0.25) is 5.02 Å². The molecule has 27 heavy (non-hydrogen) atoms. The van der Waals surface area contributed by atoms with Crippen molar-refractivity contribution in [2.24, 2.45) is 0 Å². The van der Waals surface area contributed by atoms with Crippen LogP contribution in [0, 0.1) is 0 Å². The van der Waals surface area contributed by atoms with Crippen LogP contribution in [0.25, 0.3) is 11.3 Å². The molecule has 0 saturated carbocycles. The Hall–Kier alpha value is -2.35. The predicted molar refractivity (Wildman–Crippen MR) is 113 cm³/mol. The van der Waals surface area contributed by atoms with Crippen molar-refractivity contribution in [1.82, 2.24) is 4.98 Å². The van der Waals surface area contributed by atoms with Gasteiger partial charge in [0.1, 0.15) is 0 Å². The molecule has 2 amide bonds. The summed E-state index contributed by atoms with van der Waals surface area (Å²) in [7, 11) is 0. The van der Waals surface area contributed by atoms with Crippen molar-refractivity contribution >= 4 is 57.3 Å². The summed E-state index contributed by atoms with van der Waals surface area (Å²) in [5.41, 5.74) is 2.45. The van der Waals surface area contributed by atoms with E-state index in [2.05, 4.69) is 15.6 Å². The number of amides is 2. The van der Waals surface area contributed by atoms with Crippen LogP contribution in [-0.4, -0.2) is 22.6 Å². The van der Waals surface area contributed by atoms with Gasteiger partial charge in [0.25, 0.3) is 0 Å². The first kappa shape index (κ1) is 19.4. The summed E-state index contributed by atoms with van der Waals surface area (Å²) in [6, 6.07) is 14.8. The van der Waals surface area contributed by atoms with E-state index in [4.69, 9.17) is 11.6 Å². The van der Waals surface area contributed by atoms with E-state index in [1.807, 2.05) is 35.7 Å². The van der Waals surface area contributed by atoms with Crippen molar-refractivity contribution < 1.29 is 9.59 Å². The third kappa shape index (κ3) is 5.82. The molecule has 0 saturated heterocycles. The normalized spacial score (nSPS) is 10.4. The number of thiazole rings is 1. The summed E-state index contributed by atoms with van der Waals surface area (Å²) in [6.45, 7) is 1.46. The second-order valence-corrected chi connectivity index (χ2v) is 7.93. The number of hydrogen-bond acceptors (Lipinski definition) is 5. The lowest BCUT2D eigenvalue weighted by Crippen LogP contribution is -2.13. The van der Waals surface area contributed by atoms with Crippen LogP contribution in [0.15, 0.2) is 58.8 Å². The zero-order valence-corrected chi connectivity index (χ0v) is 16.8. The minimum absolute atomic E-state index is 0.129. The fourth-order valence-electron chi connectivity index (χ4n) is 2.26. The SMILES string of the molecule is CC(=O)Nc1cccc(SCC(=O)Nc2nc(-c3ccc(Cl)cc3)cs2)c1. The molecule has 0 aliphatic carbocycles. The van der Waals surface area contributed by atoms with Crippen LogP contribution in [0.3, 0.4) is 0 Å². The molecule has 138 valence electrons. The molecule has 8 heteroatoms. The van der Waals surface area contributed by atoms with E-state index in [9.17, 15) is 9.59 Å². The summed E-state index contributed by atoms with van der Waals surface area (Å²) < 4.78 is 0. The first-order valence-corrected chi connectivity index (χ1v) is 10.3. The fourth-order valence-corrected chi connectivity index (χ4v) is 3.87. The average Bonchev–Trinajstić information content (AvgIpc) is 3.09. The topological polar surface area (TPSA) is 71.1 Å². The van der Waals surface area contributed by atoms with Gasteiger partial charge in [-0.3, -0.25) is 9.59 Å². The van der Waals surface area contributed by atoms with E-state index < -0.39 is 0 Å². The Balaban J connectivity index is 1.55. The molecular weight excluding hydrogens is 402 g/mol. The number of carbonyl (C=O) groups is 2. The molecule has 0 bridgehead atoms. The van der Waals surface area contributed by atoms with Gasteiger partial charge in [-0.2, -0.15) is 0 Å². The standard InChI is InChI=1S/C19H16ClN3O2S2/c1-12(24)21-15-3-2-4-16(9-15)26-11-18(25)23-19-22-17(10-27-19)13-5-7-14(20)8-6-13/h2-10H,11H2,1H3,(H,21,24)(H,22,23,25). The van der Waals surface area contributed by atoms with Gasteiger partial charge in [-0.05, 0) is 30.3 Å². The Labute approximate surface area is 170 Å². The maximum atomic E-state index is 12.2. The number of rotatable bonds is 6. The summed E-state index contributed by atoms with van der Waals surface area (Å²) in [4.78, 5) is 28.6. The summed E-state index contributed by atoms with van der Waals surface area (Å²) in [5, 5.41) is 8.65. The number of aromatic nitrogens is 1. The van der Waals surface area contributed by atoms with Crippen LogP contribution < -0.4 is 10.6 Å². The molecule has 1 aromatic heterocycles. The molecule has 0 fully saturated rings. The van der Waals surface area contributed by atoms with Gasteiger partial charge in [0.2, 0.25) is 11.8 Å². The monoisotopic (exact) mass is 417 g/mol. The van der Waals surface area contributed by atoms with Gasteiger partial charge < -0.3 is 10.6 Å². The van der Waals surface area contributed by atoms with Crippen molar-refractivity contribution in [1.29, 1.82) is 0 Å². The molecule has 5 nitrogen and oxygen atoms in total. The third-order valence-corrected chi connectivity index (χ3v) is 5.42. The zero-order valence-electron chi connectivity index (χ0n) is 14.4. The van der Waals surface area contributed by atoms with Gasteiger partial charge in [-0.25, -0.2) is 4.98 Å². The minimum Gasteiger partial charge on any atom is -0.326 e. The van der Waals surface area contributed by atoms with Gasteiger partial charge >= 0.3 is 0 Å². The zero-order chi connectivity index (χ0) is 19.2. The Morgan fingerprint density at radius 2 is 1.93 bits per heavy atom. The quantitative estimate of drug-likeness (QED) is 0.544. The van der Waals surface area contributed by atoms with Gasteiger partial charge in [-0.15, -0.1) is 23.1 Å². The second-order valence-electron chi connectivity index (χ2n) is 5.59. The molecule has 0 aliphatic rings. The van der Waals surface area contributed by atoms with Crippen LogP contribution in [0.1, 0.15) is 6.92 Å². The molecule has 0 spiro atoms. The lowest BCUT2D eigenvalue weighted by atomic mass is 10.2. The molecule has 2 N–H and O–H groups in total. The highest BCUT2D eigenvalue weighted by molar-refractivity contribution is 8.00. The number of benzene rings is 2. The molecule has 3 aromatic rings. The molecule has 1 heterocycles. The van der Waals surface area contributed by atoms with Gasteiger partial charge in [0.05, 0.1) is 11.4 Å². The van der Waals surface area contributed by atoms with Crippen LogP contribution in [0.5, 0.6) is 0 Å². The minimum atomic E-state index is -0.137. The molecular formula is C19H16ClN3O2S2. The number of carbonyl (C=O) groups excluding carboxylic acids is 2. The van der Waals surface area contributed by atoms with E-state index in [1.54, 1.807) is 18.2 Å². The molecule has 0 unspecified atom stereocenters. The summed E-state index contributed by atoms with van der Waals surface area (Å²) >= 11 is 8.66. The van der Waals surface area contributed by atoms with E-state index in [0.717, 1.165) is 16.2 Å². The lowest BCUT2D eigenvalue weighted by Gasteiger charge is -2.05. The smallest absolute Gasteiger partial charge is 0.236 e. The van der Waals surface area contributed by atoms with Crippen molar-refractivity contribution in [3.05, 3.63) is 58.9 Å². The molecule has 0 radical (unpaired) electrons. The van der Waals surface area contributed by atoms with E-state index >= 15 is 0 Å². The fraction of sp³-hybridized carbons (Fsp3) is 0.105. The Morgan fingerprint density at radius 1 is 1.15 bits per heavy atom. The average molecular weight is 418 g/mol. The lowest BCUT2D eigenvalue weighted by molar-refractivity contribution is -0.114. The maximum absolute atomic E-state index is 12.2. The Morgan fingerprint density at radius 3 is 2.67 bits per heavy atom. The number of thioether (sulfide) groups is 1. The molecule has 3 rings (SSSR count). The highest BCUT2D eigenvalue weighted by atomic mass is 35.5. The molecule has 0 aliphatic heterocycles. The van der Waals surface area contributed by atoms with Crippen molar-refractivity contribution in [2.75, 3.05) is 16.4 Å². The summed E-state index contributed by atoms with van der Waals surface area (Å²) in [5.74, 6) is -0.0172. The van der Waals surface area contributed by atoms with E-state index in [1.165, 1.54) is 30.0 Å². The first-order chi connectivity index (χ1) is 13.0. The molecule has 2 aromatic carbocycles. The van der Waals surface area contributed by atoms with Crippen LogP contribution in [0.4, 0.5) is 10.8 Å². The predicted octanol–water partition coefficient (Wildman–Crippen LogP) is 5.15. The largest absolute Gasteiger partial charge is 0.326 e. The van der Waals surface area contributed by atoms with Crippen molar-refractivity contribution in [3.63, 3.8) is 0 Å². The van der Waals surface area contributed by atoms with Crippen LogP contribution in [-0.2, 0) is 9.59 Å². The van der Waals surface area contributed by atoms with E-state index in [-0.39, 0.29) is 17.6 Å². The van der Waals surface area contributed by atoms with Gasteiger partial charge in [0, 0.05) is 33.5 Å². The number of hydrogen-bond donors (Lipinski definition) is 2. The van der Waals surface area contributed by atoms with Gasteiger partial charge in [-0.1, -0.05) is 29.8 Å². The van der Waals surface area contributed by atoms with Crippen LogP contribution >= 0.6 is 34.7 Å². The Kier molecular flexibility index (Phi) is 6.49. The Bertz CT molecular complexity index is 958. The maximum Gasteiger partial charge on any atom is 0.236 e. The highest BCUT2D eigenvalue weighted by Gasteiger charge is 2.09. The number of anilines is 2. The number of halogens is 1. The molecule has 0 atom stereocenters. The summed E-state index contributed by atoms with van der Waals surface area (Å²) in [6.07, 6.45) is 0. The van der Waals surface area contributed by atoms with Crippen molar-refractivity contribution in [3.8, 4) is 11.3 Å². The number of nitrogens with one attached hydrogen (secondary N) is 2. The number of nitrogens with zero attached hydrogens (tertiary/aromatic N) is 1. The van der Waals surface area contributed by atoms with E-state index in [0.29, 0.717) is 15.8 Å². The third-order valence-electron chi connectivity index (χ3n) is 3.41. The second kappa shape index (κ2) is 9.03. The highest BCUT2D eigenvalue weighted by Crippen LogP contribution is 2.27. The van der Waals surface area contributed by atoms with Gasteiger partial charge in [0.15, 0.2) is 5.13 Å².